The van der Waals surface area contributed by atoms with Crippen LogP contribution in [0.3, 0.4) is 0 Å². The lowest BCUT2D eigenvalue weighted by Crippen LogP contribution is -2.25. The number of aromatic carboxylic acids is 1. The van der Waals surface area contributed by atoms with E-state index in [1.807, 2.05) is 13.0 Å². The number of rotatable bonds is 5. The number of H-pyrrole nitrogens is 4. The van der Waals surface area contributed by atoms with Crippen LogP contribution in [-0.4, -0.2) is 82.8 Å². The van der Waals surface area contributed by atoms with Crippen LogP contribution in [0.25, 0.3) is 49.2 Å². The van der Waals surface area contributed by atoms with Gasteiger partial charge < -0.3 is 5.11 Å². The lowest BCUT2D eigenvalue weighted by molar-refractivity contribution is -0.0759. The van der Waals surface area contributed by atoms with Gasteiger partial charge in [0.25, 0.3) is 5.91 Å². The number of para-hydroxylation sites is 4. The molecular weight excluding hydrogens is 726 g/mol. The van der Waals surface area contributed by atoms with Crippen molar-refractivity contribution in [2.24, 2.45) is 0 Å². The second-order valence-electron chi connectivity index (χ2n) is 11.6. The van der Waals surface area contributed by atoms with Crippen LogP contribution in [0.2, 0.25) is 0 Å². The molecule has 14 nitrogen and oxygen atoms in total. The van der Waals surface area contributed by atoms with Gasteiger partial charge in [0, 0.05) is 35.5 Å². The smallest absolute Gasteiger partial charge is 0.354 e. The van der Waals surface area contributed by atoms with Gasteiger partial charge in [-0.3, -0.25) is 34.8 Å². The molecule has 0 spiro atoms. The fourth-order valence-electron chi connectivity index (χ4n) is 5.18. The molecule has 0 unspecified atom stereocenters. The molecular formula is C37H31F4N9O5. The standard InChI is InChI=1S/C10H10FN3O2.C10H9FN2.C9H7FN2O.C8H5FN2O2/c1-14(16-2)10(15)9-6-4-3-5-7(11)8(6)12-13-9;1-6(2)9-7-4-3-5-8(11)10(7)13-12-9;1-5(13)8-6-3-2-4-7(10)9(6)12-11-8;9-5-3-1-2-4-6(5)10-11-7(4)8(12)13/h3-5H,1-2H3,(H,12,13);3-5H,1H2,2H3,(H,12,13);2-4H,1H3,(H,11,12);1-3H,(H,10,11)(H,12,13). The molecule has 0 atom stereocenters. The number of aromatic amines is 4. The van der Waals surface area contributed by atoms with Crippen LogP contribution in [0.1, 0.15) is 51.0 Å². The number of halogens is 4. The van der Waals surface area contributed by atoms with E-state index in [0.29, 0.717) is 22.0 Å². The van der Waals surface area contributed by atoms with Gasteiger partial charge in [-0.2, -0.15) is 20.4 Å². The number of benzene rings is 4. The highest BCUT2D eigenvalue weighted by Crippen LogP contribution is 2.23. The summed E-state index contributed by atoms with van der Waals surface area (Å²) >= 11 is 0. The molecule has 4 aromatic heterocycles. The Morgan fingerprint density at radius 1 is 0.636 bits per heavy atom. The number of nitrogens with zero attached hydrogens (tertiary/aromatic N) is 5. The van der Waals surface area contributed by atoms with E-state index in [1.165, 1.54) is 63.5 Å². The van der Waals surface area contributed by atoms with Crippen LogP contribution < -0.4 is 0 Å². The molecule has 282 valence electrons. The van der Waals surface area contributed by atoms with Crippen LogP contribution in [0, 0.1) is 23.3 Å². The van der Waals surface area contributed by atoms with E-state index in [1.54, 1.807) is 24.3 Å². The summed E-state index contributed by atoms with van der Waals surface area (Å²) in [6, 6.07) is 18.0. The molecule has 0 bridgehead atoms. The van der Waals surface area contributed by atoms with Crippen molar-refractivity contribution in [2.75, 3.05) is 14.2 Å². The van der Waals surface area contributed by atoms with Gasteiger partial charge in [-0.05, 0) is 36.8 Å². The SMILES string of the molecule is C=C(C)c1n[nH]c2c(F)cccc12.CC(=O)c1[nH]nc2c(F)cccc12.CON(C)C(=O)c1[nH]nc2c(F)cccc12.O=C(O)c1[nH]nc2c(F)cccc12. The summed E-state index contributed by atoms with van der Waals surface area (Å²) in [7, 11) is 2.84. The Balaban J connectivity index is 0.000000141. The van der Waals surface area contributed by atoms with E-state index in [0.717, 1.165) is 21.7 Å². The first-order chi connectivity index (χ1) is 26.2. The number of carboxylic acids is 1. The third-order valence-corrected chi connectivity index (χ3v) is 7.90. The number of aromatic nitrogens is 8. The number of hydrogen-bond donors (Lipinski definition) is 5. The minimum atomic E-state index is -1.15. The number of allylic oxidation sites excluding steroid dienone is 1. The van der Waals surface area contributed by atoms with Crippen molar-refractivity contribution < 1.29 is 41.9 Å². The number of carbonyl (C=O) groups excluding carboxylic acids is 2. The van der Waals surface area contributed by atoms with Gasteiger partial charge in [-0.1, -0.05) is 55.1 Å². The van der Waals surface area contributed by atoms with Crippen molar-refractivity contribution in [3.05, 3.63) is 125 Å². The Morgan fingerprint density at radius 2 is 1.05 bits per heavy atom. The van der Waals surface area contributed by atoms with Gasteiger partial charge in [0.1, 0.15) is 39.3 Å². The number of amides is 1. The molecule has 18 heteroatoms. The Bertz CT molecular complexity index is 2490. The van der Waals surface area contributed by atoms with Crippen molar-refractivity contribution in [1.82, 2.24) is 45.9 Å². The molecule has 8 rings (SSSR count). The van der Waals surface area contributed by atoms with E-state index in [9.17, 15) is 31.9 Å². The second kappa shape index (κ2) is 16.6. The highest BCUT2D eigenvalue weighted by molar-refractivity contribution is 6.05. The van der Waals surface area contributed by atoms with Gasteiger partial charge in [0.05, 0.1) is 12.8 Å². The van der Waals surface area contributed by atoms with E-state index in [4.69, 9.17) is 9.94 Å². The summed E-state index contributed by atoms with van der Waals surface area (Å²) in [6.45, 7) is 7.03. The Hall–Kier alpha value is -7.21. The largest absolute Gasteiger partial charge is 0.477 e. The quantitative estimate of drug-likeness (QED) is 0.0676. The number of hydrogen-bond acceptors (Lipinski definition) is 8. The lowest BCUT2D eigenvalue weighted by Gasteiger charge is -2.11. The third-order valence-electron chi connectivity index (χ3n) is 7.90. The molecule has 0 aliphatic carbocycles. The average Bonchev–Trinajstić information content (AvgIpc) is 3.97. The van der Waals surface area contributed by atoms with E-state index in [2.05, 4.69) is 47.4 Å². The molecule has 0 fully saturated rings. The van der Waals surface area contributed by atoms with E-state index >= 15 is 0 Å². The van der Waals surface area contributed by atoms with Crippen molar-refractivity contribution in [1.29, 1.82) is 0 Å². The minimum absolute atomic E-state index is 0.0555. The normalized spacial score (nSPS) is 10.6. The number of fused-ring (bicyclic) bond motifs is 4. The molecule has 0 aliphatic heterocycles. The highest BCUT2D eigenvalue weighted by atomic mass is 19.1. The summed E-state index contributed by atoms with van der Waals surface area (Å²) in [5.74, 6) is -3.38. The molecule has 4 aromatic carbocycles. The second-order valence-corrected chi connectivity index (χ2v) is 11.6. The van der Waals surface area contributed by atoms with Gasteiger partial charge in [-0.15, -0.1) is 0 Å². The number of ketones is 1. The summed E-state index contributed by atoms with van der Waals surface area (Å²) in [5.41, 5.74) is 2.90. The molecule has 5 N–H and O–H groups in total. The lowest BCUT2D eigenvalue weighted by atomic mass is 10.1. The average molecular weight is 758 g/mol. The summed E-state index contributed by atoms with van der Waals surface area (Å²) in [4.78, 5) is 38.2. The molecule has 8 aromatic rings. The number of hydroxylamine groups is 2. The number of carbonyl (C=O) groups is 3. The first kappa shape index (κ1) is 39.0. The molecule has 1 amide bonds. The number of nitrogens with one attached hydrogen (secondary N) is 4. The molecule has 0 radical (unpaired) electrons. The zero-order chi connectivity index (χ0) is 40.0. The molecule has 4 heterocycles. The van der Waals surface area contributed by atoms with Gasteiger partial charge in [-0.25, -0.2) is 27.4 Å². The van der Waals surface area contributed by atoms with Crippen LogP contribution >= 0.6 is 0 Å². The zero-order valence-electron chi connectivity index (χ0n) is 29.5. The Morgan fingerprint density at radius 3 is 1.51 bits per heavy atom. The van der Waals surface area contributed by atoms with Crippen LogP contribution in [0.4, 0.5) is 17.6 Å². The molecule has 0 saturated carbocycles. The van der Waals surface area contributed by atoms with Crippen LogP contribution in [0.15, 0.2) is 79.4 Å². The number of carboxylic acid groups (broad SMARTS) is 1. The topological polar surface area (TPSA) is 199 Å². The first-order valence-electron chi connectivity index (χ1n) is 16.0. The van der Waals surface area contributed by atoms with Crippen LogP contribution in [-0.2, 0) is 4.84 Å². The van der Waals surface area contributed by atoms with Crippen molar-refractivity contribution >= 4 is 66.8 Å². The minimum Gasteiger partial charge on any atom is -0.477 e. The predicted octanol–water partition coefficient (Wildman–Crippen LogP) is 7.38. The van der Waals surface area contributed by atoms with Gasteiger partial charge >= 0.3 is 5.97 Å². The molecule has 55 heavy (non-hydrogen) atoms. The van der Waals surface area contributed by atoms with E-state index < -0.39 is 29.3 Å². The molecule has 0 saturated heterocycles. The zero-order valence-corrected chi connectivity index (χ0v) is 29.5. The van der Waals surface area contributed by atoms with Gasteiger partial charge in [0.15, 0.2) is 28.9 Å². The Labute approximate surface area is 307 Å². The van der Waals surface area contributed by atoms with Crippen molar-refractivity contribution in [3.8, 4) is 0 Å². The van der Waals surface area contributed by atoms with Crippen LogP contribution in [0.5, 0.6) is 0 Å². The van der Waals surface area contributed by atoms with Gasteiger partial charge in [0.2, 0.25) is 0 Å². The molecule has 0 aliphatic rings. The first-order valence-corrected chi connectivity index (χ1v) is 16.0. The van der Waals surface area contributed by atoms with E-state index in [-0.39, 0.29) is 44.9 Å². The fourth-order valence-corrected chi connectivity index (χ4v) is 5.18. The third kappa shape index (κ3) is 8.23. The van der Waals surface area contributed by atoms with Crippen molar-refractivity contribution in [2.45, 2.75) is 13.8 Å². The maximum Gasteiger partial charge on any atom is 0.354 e. The highest BCUT2D eigenvalue weighted by Gasteiger charge is 2.19. The predicted molar refractivity (Wildman–Crippen MR) is 195 cm³/mol. The number of Topliss-reactive ketones (excluding diaryl/α,β-unsaturated/α-hetero) is 1. The monoisotopic (exact) mass is 757 g/mol. The summed E-state index contributed by atoms with van der Waals surface area (Å²) < 4.78 is 52.5. The van der Waals surface area contributed by atoms with Crippen molar-refractivity contribution in [3.63, 3.8) is 0 Å². The fraction of sp³-hybridized carbons (Fsp3) is 0.108. The maximum absolute atomic E-state index is 13.3. The Kier molecular flexibility index (Phi) is 11.8. The maximum atomic E-state index is 13.3. The summed E-state index contributed by atoms with van der Waals surface area (Å²) in [6.07, 6.45) is 0. The summed E-state index contributed by atoms with van der Waals surface area (Å²) in [5, 5.41) is 36.7.